The molecule has 0 aliphatic carbocycles. The van der Waals surface area contributed by atoms with Crippen LogP contribution >= 0.6 is 22.9 Å². The van der Waals surface area contributed by atoms with Crippen molar-refractivity contribution in [3.8, 4) is 0 Å². The second-order valence-electron chi connectivity index (χ2n) is 3.77. The van der Waals surface area contributed by atoms with Crippen LogP contribution in [-0.4, -0.2) is 25.7 Å². The fraction of sp³-hybridized carbons (Fsp3) is 0.545. The molecule has 3 nitrogen and oxygen atoms in total. The van der Waals surface area contributed by atoms with E-state index in [1.165, 1.54) is 0 Å². The Kier molecular flexibility index (Phi) is 3.84. The van der Waals surface area contributed by atoms with Crippen LogP contribution in [-0.2, 0) is 9.53 Å². The van der Waals surface area contributed by atoms with Crippen molar-refractivity contribution in [1.29, 1.82) is 0 Å². The molecule has 16 heavy (non-hydrogen) atoms. The zero-order valence-electron chi connectivity index (χ0n) is 9.03. The third-order valence-corrected chi connectivity index (χ3v) is 4.13. The number of thiophene rings is 1. The Hall–Kier alpha value is -0.580. The molecule has 1 aromatic rings. The molecule has 1 saturated heterocycles. The van der Waals surface area contributed by atoms with E-state index in [0.717, 1.165) is 15.8 Å². The van der Waals surface area contributed by atoms with Gasteiger partial charge in [0, 0.05) is 23.9 Å². The van der Waals surface area contributed by atoms with E-state index >= 15 is 0 Å². The Bertz CT molecular complexity index is 380. The van der Waals surface area contributed by atoms with Crippen molar-refractivity contribution in [3.05, 3.63) is 21.3 Å². The van der Waals surface area contributed by atoms with Gasteiger partial charge < -0.3 is 10.1 Å². The Balaban J connectivity index is 2.11. The monoisotopic (exact) mass is 259 g/mol. The van der Waals surface area contributed by atoms with Gasteiger partial charge >= 0.3 is 5.97 Å². The molecule has 2 unspecified atom stereocenters. The van der Waals surface area contributed by atoms with Crippen LogP contribution in [0.2, 0.25) is 4.34 Å². The van der Waals surface area contributed by atoms with E-state index in [1.807, 2.05) is 19.1 Å². The Morgan fingerprint density at radius 3 is 3.06 bits per heavy atom. The van der Waals surface area contributed by atoms with Crippen LogP contribution in [0.1, 0.15) is 17.7 Å². The smallest absolute Gasteiger partial charge is 0.310 e. The van der Waals surface area contributed by atoms with E-state index in [4.69, 9.17) is 16.3 Å². The number of rotatable bonds is 3. The van der Waals surface area contributed by atoms with Gasteiger partial charge in [0.05, 0.1) is 16.9 Å². The van der Waals surface area contributed by atoms with Crippen molar-refractivity contribution in [2.24, 2.45) is 5.92 Å². The summed E-state index contributed by atoms with van der Waals surface area (Å²) in [5.41, 5.74) is 0. The van der Waals surface area contributed by atoms with Gasteiger partial charge in [0.25, 0.3) is 0 Å². The number of nitrogens with one attached hydrogen (secondary N) is 1. The van der Waals surface area contributed by atoms with E-state index in [0.29, 0.717) is 13.2 Å². The molecule has 1 fully saturated rings. The van der Waals surface area contributed by atoms with Crippen LogP contribution in [0.25, 0.3) is 0 Å². The Labute approximate surface area is 104 Å². The van der Waals surface area contributed by atoms with Crippen molar-refractivity contribution in [1.82, 2.24) is 5.32 Å². The number of ether oxygens (including phenoxy) is 1. The maximum Gasteiger partial charge on any atom is 0.310 e. The van der Waals surface area contributed by atoms with Crippen molar-refractivity contribution in [2.75, 3.05) is 19.7 Å². The van der Waals surface area contributed by atoms with Gasteiger partial charge in [-0.05, 0) is 19.1 Å². The minimum absolute atomic E-state index is 0.0744. The summed E-state index contributed by atoms with van der Waals surface area (Å²) in [7, 11) is 0. The van der Waals surface area contributed by atoms with Crippen LogP contribution in [0.4, 0.5) is 0 Å². The highest BCUT2D eigenvalue weighted by molar-refractivity contribution is 7.16. The van der Waals surface area contributed by atoms with Gasteiger partial charge in [-0.3, -0.25) is 4.79 Å². The van der Waals surface area contributed by atoms with E-state index < -0.39 is 0 Å². The minimum Gasteiger partial charge on any atom is -0.466 e. The lowest BCUT2D eigenvalue weighted by Gasteiger charge is -2.15. The summed E-state index contributed by atoms with van der Waals surface area (Å²) in [6.45, 7) is 3.78. The molecule has 0 saturated carbocycles. The highest BCUT2D eigenvalue weighted by Gasteiger charge is 2.35. The molecular formula is C11H14ClNO2S. The van der Waals surface area contributed by atoms with Crippen LogP contribution in [0.5, 0.6) is 0 Å². The lowest BCUT2D eigenvalue weighted by atomic mass is 9.95. The molecule has 0 spiro atoms. The average Bonchev–Trinajstić information content (AvgIpc) is 2.85. The minimum atomic E-state index is -0.109. The third-order valence-electron chi connectivity index (χ3n) is 2.76. The largest absolute Gasteiger partial charge is 0.466 e. The van der Waals surface area contributed by atoms with Crippen molar-refractivity contribution in [2.45, 2.75) is 12.8 Å². The summed E-state index contributed by atoms with van der Waals surface area (Å²) in [4.78, 5) is 12.9. The maximum absolute atomic E-state index is 11.7. The predicted octanol–water partition coefficient (Wildman–Crippen LogP) is 2.27. The second kappa shape index (κ2) is 5.17. The number of hydrogen-bond acceptors (Lipinski definition) is 4. The van der Waals surface area contributed by atoms with Crippen molar-refractivity contribution < 1.29 is 9.53 Å². The molecule has 0 aromatic carbocycles. The molecule has 0 radical (unpaired) electrons. The van der Waals surface area contributed by atoms with Crippen molar-refractivity contribution in [3.63, 3.8) is 0 Å². The molecule has 1 aliphatic rings. The molecule has 88 valence electrons. The average molecular weight is 260 g/mol. The van der Waals surface area contributed by atoms with Crippen LogP contribution < -0.4 is 5.32 Å². The van der Waals surface area contributed by atoms with Crippen LogP contribution in [0.3, 0.4) is 0 Å². The molecular weight excluding hydrogens is 246 g/mol. The first-order chi connectivity index (χ1) is 7.72. The summed E-state index contributed by atoms with van der Waals surface area (Å²) in [5, 5.41) is 3.23. The molecule has 2 heterocycles. The van der Waals surface area contributed by atoms with Gasteiger partial charge in [0.2, 0.25) is 0 Å². The van der Waals surface area contributed by atoms with E-state index in [1.54, 1.807) is 11.3 Å². The molecule has 1 aliphatic heterocycles. The fourth-order valence-corrected chi connectivity index (χ4v) is 3.23. The highest BCUT2D eigenvalue weighted by Crippen LogP contribution is 2.35. The number of halogens is 1. The summed E-state index contributed by atoms with van der Waals surface area (Å²) in [6.07, 6.45) is 0. The third kappa shape index (κ3) is 2.39. The maximum atomic E-state index is 11.7. The molecule has 2 rings (SSSR count). The molecule has 0 amide bonds. The predicted molar refractivity (Wildman–Crippen MR) is 65.1 cm³/mol. The molecule has 1 N–H and O–H groups in total. The summed E-state index contributed by atoms with van der Waals surface area (Å²) < 4.78 is 5.85. The second-order valence-corrected chi connectivity index (χ2v) is 5.51. The van der Waals surface area contributed by atoms with Gasteiger partial charge in [-0.25, -0.2) is 0 Å². The quantitative estimate of drug-likeness (QED) is 0.847. The first-order valence-corrected chi connectivity index (χ1v) is 6.54. The topological polar surface area (TPSA) is 38.3 Å². The van der Waals surface area contributed by atoms with Crippen LogP contribution in [0, 0.1) is 5.92 Å². The molecule has 0 bridgehead atoms. The Morgan fingerprint density at radius 1 is 1.62 bits per heavy atom. The molecule has 5 heteroatoms. The number of esters is 1. The van der Waals surface area contributed by atoms with Gasteiger partial charge in [0.15, 0.2) is 0 Å². The lowest BCUT2D eigenvalue weighted by Crippen LogP contribution is -2.23. The van der Waals surface area contributed by atoms with Gasteiger partial charge in [-0.15, -0.1) is 11.3 Å². The van der Waals surface area contributed by atoms with Gasteiger partial charge in [0.1, 0.15) is 0 Å². The summed E-state index contributed by atoms with van der Waals surface area (Å²) in [5.74, 6) is 0.0215. The lowest BCUT2D eigenvalue weighted by molar-refractivity contribution is -0.147. The normalized spacial score (nSPS) is 24.6. The molecule has 2 atom stereocenters. The SMILES string of the molecule is CCOC(=O)C1CNCC1c1ccc(Cl)s1. The van der Waals surface area contributed by atoms with E-state index in [9.17, 15) is 4.79 Å². The van der Waals surface area contributed by atoms with Crippen molar-refractivity contribution >= 4 is 28.9 Å². The van der Waals surface area contributed by atoms with Gasteiger partial charge in [-0.2, -0.15) is 0 Å². The van der Waals surface area contributed by atoms with Gasteiger partial charge in [-0.1, -0.05) is 11.6 Å². The first-order valence-electron chi connectivity index (χ1n) is 5.35. The fourth-order valence-electron chi connectivity index (χ4n) is 2.00. The zero-order chi connectivity index (χ0) is 11.5. The number of carbonyl (C=O) groups excluding carboxylic acids is 1. The zero-order valence-corrected chi connectivity index (χ0v) is 10.6. The summed E-state index contributed by atoms with van der Waals surface area (Å²) in [6, 6.07) is 3.87. The standard InChI is InChI=1S/C11H14ClNO2S/c1-2-15-11(14)8-6-13-5-7(8)9-3-4-10(12)16-9/h3-4,7-8,13H,2,5-6H2,1H3. The molecule has 1 aromatic heterocycles. The summed E-state index contributed by atoms with van der Waals surface area (Å²) >= 11 is 7.45. The number of carbonyl (C=O) groups is 1. The number of hydrogen-bond donors (Lipinski definition) is 1. The van der Waals surface area contributed by atoms with Crippen LogP contribution in [0.15, 0.2) is 12.1 Å². The highest BCUT2D eigenvalue weighted by atomic mass is 35.5. The Morgan fingerprint density at radius 2 is 2.44 bits per heavy atom. The first kappa shape index (κ1) is 11.9. The van der Waals surface area contributed by atoms with E-state index in [-0.39, 0.29) is 17.8 Å². The van der Waals surface area contributed by atoms with E-state index in [2.05, 4.69) is 5.32 Å².